The smallest absolute Gasteiger partial charge is 0.264 e. The third-order valence-corrected chi connectivity index (χ3v) is 7.90. The van der Waals surface area contributed by atoms with Crippen molar-refractivity contribution in [1.29, 1.82) is 0 Å². The highest BCUT2D eigenvalue weighted by atomic mass is 32.2. The summed E-state index contributed by atoms with van der Waals surface area (Å²) in [5.41, 5.74) is 3.06. The van der Waals surface area contributed by atoms with Crippen LogP contribution in [0.4, 0.5) is 5.69 Å². The summed E-state index contributed by atoms with van der Waals surface area (Å²) in [4.78, 5) is 13.4. The molecule has 0 unspecified atom stereocenters. The van der Waals surface area contributed by atoms with E-state index in [0.717, 1.165) is 26.7 Å². The Hall–Kier alpha value is -3.72. The molecule has 0 saturated carbocycles. The van der Waals surface area contributed by atoms with Crippen molar-refractivity contribution in [3.63, 3.8) is 0 Å². The van der Waals surface area contributed by atoms with Crippen molar-refractivity contribution in [3.8, 4) is 17.2 Å². The lowest BCUT2D eigenvalue weighted by Crippen LogP contribution is -2.42. The molecule has 0 aliphatic heterocycles. The first-order valence-electron chi connectivity index (χ1n) is 11.9. The molecule has 1 amide bonds. The Morgan fingerprint density at radius 2 is 1.49 bits per heavy atom. The predicted octanol–water partition coefficient (Wildman–Crippen LogP) is 4.79. The molecule has 198 valence electrons. The van der Waals surface area contributed by atoms with E-state index in [1.165, 1.54) is 26.4 Å². The summed E-state index contributed by atoms with van der Waals surface area (Å²) in [6, 6.07) is 16.7. The molecule has 0 fully saturated rings. The number of hydrogen-bond donors (Lipinski definition) is 1. The van der Waals surface area contributed by atoms with Gasteiger partial charge in [0.05, 0.1) is 38.0 Å². The number of carbonyl (C=O) groups is 1. The number of nitrogens with one attached hydrogen (secondary N) is 1. The molecule has 3 aromatic rings. The van der Waals surface area contributed by atoms with Crippen LogP contribution in [0.2, 0.25) is 0 Å². The fourth-order valence-corrected chi connectivity index (χ4v) is 5.46. The van der Waals surface area contributed by atoms with Gasteiger partial charge in [-0.25, -0.2) is 8.42 Å². The van der Waals surface area contributed by atoms with Crippen LogP contribution in [0.3, 0.4) is 0 Å². The second-order valence-corrected chi connectivity index (χ2v) is 10.5. The summed E-state index contributed by atoms with van der Waals surface area (Å²) in [6.07, 6.45) is 0.624. The second kappa shape index (κ2) is 12.0. The van der Waals surface area contributed by atoms with Gasteiger partial charge in [-0.15, -0.1) is 0 Å². The van der Waals surface area contributed by atoms with E-state index in [1.807, 2.05) is 39.0 Å². The van der Waals surface area contributed by atoms with Gasteiger partial charge >= 0.3 is 0 Å². The zero-order chi connectivity index (χ0) is 27.2. The molecule has 0 bridgehead atoms. The van der Waals surface area contributed by atoms with Gasteiger partial charge in [0.2, 0.25) is 5.91 Å². The number of rotatable bonds is 11. The van der Waals surface area contributed by atoms with Gasteiger partial charge in [-0.3, -0.25) is 9.10 Å². The van der Waals surface area contributed by atoms with E-state index < -0.39 is 22.5 Å². The van der Waals surface area contributed by atoms with Crippen LogP contribution in [-0.2, 0) is 14.8 Å². The Bertz CT molecular complexity index is 1340. The quantitative estimate of drug-likeness (QED) is 0.386. The van der Waals surface area contributed by atoms with Crippen LogP contribution >= 0.6 is 0 Å². The first-order chi connectivity index (χ1) is 17.6. The number of sulfonamides is 1. The van der Waals surface area contributed by atoms with E-state index in [2.05, 4.69) is 5.32 Å². The van der Waals surface area contributed by atoms with Crippen molar-refractivity contribution in [1.82, 2.24) is 5.32 Å². The molecule has 0 radical (unpaired) electrons. The van der Waals surface area contributed by atoms with Crippen LogP contribution in [0.15, 0.2) is 65.6 Å². The van der Waals surface area contributed by atoms with Crippen LogP contribution in [0.5, 0.6) is 17.2 Å². The van der Waals surface area contributed by atoms with Crippen LogP contribution in [-0.4, -0.2) is 42.2 Å². The topological polar surface area (TPSA) is 94.2 Å². The Morgan fingerprint density at radius 1 is 0.865 bits per heavy atom. The minimum Gasteiger partial charge on any atom is -0.496 e. The van der Waals surface area contributed by atoms with Crippen LogP contribution in [0.1, 0.15) is 36.1 Å². The normalized spacial score (nSPS) is 11.9. The Balaban J connectivity index is 1.97. The monoisotopic (exact) mass is 526 g/mol. The van der Waals surface area contributed by atoms with Crippen molar-refractivity contribution >= 4 is 21.6 Å². The van der Waals surface area contributed by atoms with E-state index in [9.17, 15) is 13.2 Å². The number of anilines is 1. The second-order valence-electron chi connectivity index (χ2n) is 8.62. The molecule has 1 atom stereocenters. The third-order valence-electron chi connectivity index (χ3n) is 6.12. The van der Waals surface area contributed by atoms with Crippen molar-refractivity contribution in [2.24, 2.45) is 0 Å². The molecular formula is C28H34N2O6S. The summed E-state index contributed by atoms with van der Waals surface area (Å²) in [5.74, 6) is 1.12. The molecule has 0 aliphatic rings. The molecule has 0 aromatic heterocycles. The van der Waals surface area contributed by atoms with E-state index in [-0.39, 0.29) is 16.6 Å². The highest BCUT2D eigenvalue weighted by Gasteiger charge is 2.29. The van der Waals surface area contributed by atoms with Crippen LogP contribution in [0.25, 0.3) is 0 Å². The predicted molar refractivity (Wildman–Crippen MR) is 144 cm³/mol. The third kappa shape index (κ3) is 6.35. The first kappa shape index (κ1) is 27.9. The fourth-order valence-electron chi connectivity index (χ4n) is 4.04. The number of methoxy groups -OCH3 is 3. The minimum absolute atomic E-state index is 0.0819. The molecule has 3 aromatic carbocycles. The summed E-state index contributed by atoms with van der Waals surface area (Å²) in [5, 5.41) is 2.99. The Morgan fingerprint density at radius 3 is 2.05 bits per heavy atom. The number of benzene rings is 3. The molecule has 0 saturated heterocycles. The zero-order valence-corrected chi connectivity index (χ0v) is 22.9. The lowest BCUT2D eigenvalue weighted by Gasteiger charge is -2.26. The van der Waals surface area contributed by atoms with Gasteiger partial charge in [-0.1, -0.05) is 36.8 Å². The minimum atomic E-state index is -4.07. The number of aryl methyl sites for hydroxylation is 2. The van der Waals surface area contributed by atoms with Crippen molar-refractivity contribution in [3.05, 3.63) is 77.4 Å². The highest BCUT2D eigenvalue weighted by Crippen LogP contribution is 2.34. The lowest BCUT2D eigenvalue weighted by molar-refractivity contribution is -0.120. The molecular weight excluding hydrogens is 492 g/mol. The average Bonchev–Trinajstić information content (AvgIpc) is 2.90. The Kier molecular flexibility index (Phi) is 9.04. The van der Waals surface area contributed by atoms with E-state index in [4.69, 9.17) is 14.2 Å². The van der Waals surface area contributed by atoms with E-state index >= 15 is 0 Å². The molecule has 0 aliphatic carbocycles. The molecule has 37 heavy (non-hydrogen) atoms. The molecule has 1 N–H and O–H groups in total. The summed E-state index contributed by atoms with van der Waals surface area (Å²) < 4.78 is 44.6. The summed E-state index contributed by atoms with van der Waals surface area (Å²) in [7, 11) is 0.501. The Labute approximate surface area is 219 Å². The van der Waals surface area contributed by atoms with Crippen molar-refractivity contribution in [2.75, 3.05) is 32.2 Å². The number of hydrogen-bond acceptors (Lipinski definition) is 6. The van der Waals surface area contributed by atoms with Crippen LogP contribution < -0.4 is 23.8 Å². The SMILES string of the molecule is CC[C@@H](NC(=O)CN(c1ccc(OC)c(OC)c1)S(=O)(=O)c1ccc(C)cc1)c1ccc(OC)c(C)c1. The maximum Gasteiger partial charge on any atom is 0.264 e. The van der Waals surface area contributed by atoms with Gasteiger partial charge in [0.15, 0.2) is 11.5 Å². The van der Waals surface area contributed by atoms with Gasteiger partial charge in [0.1, 0.15) is 12.3 Å². The molecule has 0 heterocycles. The highest BCUT2D eigenvalue weighted by molar-refractivity contribution is 7.92. The van der Waals surface area contributed by atoms with Crippen LogP contribution in [0, 0.1) is 13.8 Å². The lowest BCUT2D eigenvalue weighted by atomic mass is 10.0. The van der Waals surface area contributed by atoms with Crippen molar-refractivity contribution in [2.45, 2.75) is 38.1 Å². The zero-order valence-electron chi connectivity index (χ0n) is 22.1. The molecule has 0 spiro atoms. The van der Waals surface area contributed by atoms with Gasteiger partial charge in [0.25, 0.3) is 10.0 Å². The van der Waals surface area contributed by atoms with Gasteiger partial charge in [-0.05, 0) is 61.7 Å². The number of amides is 1. The van der Waals surface area contributed by atoms with E-state index in [1.54, 1.807) is 37.4 Å². The average molecular weight is 527 g/mol. The first-order valence-corrected chi connectivity index (χ1v) is 13.3. The maximum atomic E-state index is 13.7. The fraction of sp³-hybridized carbons (Fsp3) is 0.321. The summed E-state index contributed by atoms with van der Waals surface area (Å²) in [6.45, 7) is 5.35. The van der Waals surface area contributed by atoms with Gasteiger partial charge < -0.3 is 19.5 Å². The standard InChI is InChI=1S/C28H34N2O6S/c1-7-24(21-10-14-25(34-4)20(3)16-21)29-28(31)18-30(22-11-15-26(35-5)27(17-22)36-6)37(32,33)23-12-8-19(2)9-13-23/h8-17,24H,7,18H2,1-6H3,(H,29,31)/t24-/m1/s1. The van der Waals surface area contributed by atoms with E-state index in [0.29, 0.717) is 17.9 Å². The number of ether oxygens (including phenoxy) is 3. The molecule has 3 rings (SSSR count). The number of nitrogens with zero attached hydrogens (tertiary/aromatic N) is 1. The molecule has 8 nitrogen and oxygen atoms in total. The maximum absolute atomic E-state index is 13.7. The van der Waals surface area contributed by atoms with Gasteiger partial charge in [-0.2, -0.15) is 0 Å². The van der Waals surface area contributed by atoms with Crippen molar-refractivity contribution < 1.29 is 27.4 Å². The summed E-state index contributed by atoms with van der Waals surface area (Å²) >= 11 is 0. The molecule has 9 heteroatoms. The number of carbonyl (C=O) groups excluding carboxylic acids is 1. The van der Waals surface area contributed by atoms with Gasteiger partial charge in [0, 0.05) is 6.07 Å². The largest absolute Gasteiger partial charge is 0.496 e.